The normalized spacial score (nSPS) is 11.8. The fourth-order valence-electron chi connectivity index (χ4n) is 2.58. The van der Waals surface area contributed by atoms with E-state index in [1.165, 1.54) is 0 Å². The van der Waals surface area contributed by atoms with Gasteiger partial charge in [0, 0.05) is 30.9 Å². The molecule has 114 valence electrons. The Balaban J connectivity index is 2.08. The lowest BCUT2D eigenvalue weighted by atomic mass is 10.2. The molecule has 0 bridgehead atoms. The molecule has 0 aliphatic carbocycles. The molecule has 1 N–H and O–H groups in total. The average molecular weight is 287 g/mol. The number of pyridine rings is 1. The molecule has 2 heterocycles. The quantitative estimate of drug-likeness (QED) is 0.885. The van der Waals surface area contributed by atoms with Crippen molar-refractivity contribution in [2.45, 2.75) is 46.7 Å². The van der Waals surface area contributed by atoms with Gasteiger partial charge in [-0.2, -0.15) is 0 Å². The maximum absolute atomic E-state index is 4.54. The molecule has 0 spiro atoms. The molecule has 0 unspecified atom stereocenters. The smallest absolute Gasteiger partial charge is 0.156 e. The predicted octanol–water partition coefficient (Wildman–Crippen LogP) is 2.86. The summed E-state index contributed by atoms with van der Waals surface area (Å²) in [6.07, 6.45) is 1.59. The summed E-state index contributed by atoms with van der Waals surface area (Å²) in [5, 5.41) is 3.40. The molecule has 0 atom stereocenters. The Labute approximate surface area is 126 Å². The van der Waals surface area contributed by atoms with Crippen molar-refractivity contribution in [2.24, 2.45) is 0 Å². The van der Waals surface area contributed by atoms with E-state index in [9.17, 15) is 0 Å². The number of fused-ring (bicyclic) bond motifs is 1. The summed E-state index contributed by atoms with van der Waals surface area (Å²) in [6.45, 7) is 12.7. The van der Waals surface area contributed by atoms with E-state index in [4.69, 9.17) is 0 Å². The van der Waals surface area contributed by atoms with Crippen LogP contribution < -0.4 is 5.32 Å². The first-order valence-electron chi connectivity index (χ1n) is 7.57. The van der Waals surface area contributed by atoms with Gasteiger partial charge in [0.2, 0.25) is 0 Å². The van der Waals surface area contributed by atoms with Crippen LogP contribution in [0, 0.1) is 6.92 Å². The van der Waals surface area contributed by atoms with Crippen molar-refractivity contribution in [2.75, 3.05) is 18.4 Å². The third-order valence-corrected chi connectivity index (χ3v) is 3.61. The van der Waals surface area contributed by atoms with Crippen molar-refractivity contribution in [3.63, 3.8) is 0 Å². The van der Waals surface area contributed by atoms with E-state index in [1.54, 1.807) is 6.33 Å². The number of nitrogens with one attached hydrogen (secondary N) is 1. The zero-order valence-electron chi connectivity index (χ0n) is 13.6. The minimum Gasteiger partial charge on any atom is -0.367 e. The van der Waals surface area contributed by atoms with Gasteiger partial charge in [-0.05, 0) is 46.8 Å². The monoisotopic (exact) mass is 287 g/mol. The van der Waals surface area contributed by atoms with Gasteiger partial charge in [-0.15, -0.1) is 0 Å². The molecule has 0 aliphatic heterocycles. The van der Waals surface area contributed by atoms with Crippen molar-refractivity contribution in [3.8, 4) is 0 Å². The van der Waals surface area contributed by atoms with Crippen LogP contribution >= 0.6 is 0 Å². The Morgan fingerprint density at radius 2 is 1.81 bits per heavy atom. The van der Waals surface area contributed by atoms with E-state index in [-0.39, 0.29) is 0 Å². The highest BCUT2D eigenvalue weighted by atomic mass is 15.2. The zero-order chi connectivity index (χ0) is 15.4. The Bertz CT molecular complexity index is 586. The molecule has 0 saturated heterocycles. The number of hydrogen-bond donors (Lipinski definition) is 1. The van der Waals surface area contributed by atoms with Crippen LogP contribution in [0.5, 0.6) is 0 Å². The summed E-state index contributed by atoms with van der Waals surface area (Å²) in [5.41, 5.74) is 2.70. The van der Waals surface area contributed by atoms with Gasteiger partial charge < -0.3 is 5.32 Å². The first kappa shape index (κ1) is 15.6. The molecule has 5 nitrogen and oxygen atoms in total. The molecule has 5 heteroatoms. The van der Waals surface area contributed by atoms with Gasteiger partial charge in [0.15, 0.2) is 5.82 Å². The van der Waals surface area contributed by atoms with E-state index >= 15 is 0 Å². The van der Waals surface area contributed by atoms with Crippen molar-refractivity contribution in [1.29, 1.82) is 0 Å². The lowest BCUT2D eigenvalue weighted by Gasteiger charge is -2.30. The second kappa shape index (κ2) is 6.80. The predicted molar refractivity (Wildman–Crippen MR) is 87.5 cm³/mol. The van der Waals surface area contributed by atoms with Crippen molar-refractivity contribution < 1.29 is 0 Å². The van der Waals surface area contributed by atoms with E-state index in [1.807, 2.05) is 19.1 Å². The zero-order valence-corrected chi connectivity index (χ0v) is 13.6. The van der Waals surface area contributed by atoms with Gasteiger partial charge in [0.1, 0.15) is 11.8 Å². The van der Waals surface area contributed by atoms with Crippen LogP contribution in [-0.4, -0.2) is 45.0 Å². The first-order chi connectivity index (χ1) is 9.99. The van der Waals surface area contributed by atoms with E-state index in [0.717, 1.165) is 35.6 Å². The van der Waals surface area contributed by atoms with Crippen molar-refractivity contribution >= 4 is 16.9 Å². The molecule has 2 aromatic heterocycles. The van der Waals surface area contributed by atoms with Gasteiger partial charge in [-0.25, -0.2) is 15.0 Å². The maximum atomic E-state index is 4.54. The van der Waals surface area contributed by atoms with Crippen LogP contribution in [0.3, 0.4) is 0 Å². The Morgan fingerprint density at radius 1 is 1.10 bits per heavy atom. The third kappa shape index (κ3) is 3.88. The van der Waals surface area contributed by atoms with Crippen molar-refractivity contribution in [1.82, 2.24) is 19.9 Å². The minimum absolute atomic E-state index is 0.536. The van der Waals surface area contributed by atoms with Gasteiger partial charge in [0.25, 0.3) is 0 Å². The average Bonchev–Trinajstić information content (AvgIpc) is 2.42. The number of anilines is 1. The highest BCUT2D eigenvalue weighted by Crippen LogP contribution is 2.16. The fourth-order valence-corrected chi connectivity index (χ4v) is 2.58. The summed E-state index contributed by atoms with van der Waals surface area (Å²) in [5.74, 6) is 0.816. The van der Waals surface area contributed by atoms with E-state index in [0.29, 0.717) is 12.1 Å². The Morgan fingerprint density at radius 3 is 2.48 bits per heavy atom. The summed E-state index contributed by atoms with van der Waals surface area (Å²) < 4.78 is 0. The van der Waals surface area contributed by atoms with Gasteiger partial charge in [-0.3, -0.25) is 4.90 Å². The van der Waals surface area contributed by atoms with Crippen LogP contribution in [0.2, 0.25) is 0 Å². The lowest BCUT2D eigenvalue weighted by molar-refractivity contribution is 0.182. The van der Waals surface area contributed by atoms with Crippen molar-refractivity contribution in [3.05, 3.63) is 24.2 Å². The largest absolute Gasteiger partial charge is 0.367 e. The standard InChI is InChI=1S/C16H25N5/c1-11(2)21(12(3)4)9-8-17-16-15-14(18-10-19-16)7-6-13(5)20-15/h6-7,10-12H,8-9H2,1-5H3,(H,17,18,19). The molecular formula is C16H25N5. The Kier molecular flexibility index (Phi) is 5.07. The highest BCUT2D eigenvalue weighted by Gasteiger charge is 2.13. The molecule has 0 saturated carbocycles. The topological polar surface area (TPSA) is 53.9 Å². The molecule has 21 heavy (non-hydrogen) atoms. The third-order valence-electron chi connectivity index (χ3n) is 3.61. The molecule has 0 radical (unpaired) electrons. The van der Waals surface area contributed by atoms with Gasteiger partial charge >= 0.3 is 0 Å². The van der Waals surface area contributed by atoms with Crippen LogP contribution in [0.4, 0.5) is 5.82 Å². The molecule has 0 amide bonds. The number of nitrogens with zero attached hydrogens (tertiary/aromatic N) is 4. The Hall–Kier alpha value is -1.75. The van der Waals surface area contributed by atoms with Crippen LogP contribution in [0.1, 0.15) is 33.4 Å². The number of aryl methyl sites for hydroxylation is 1. The number of hydrogen-bond acceptors (Lipinski definition) is 5. The summed E-state index contributed by atoms with van der Waals surface area (Å²) in [6, 6.07) is 5.03. The molecule has 2 aromatic rings. The number of rotatable bonds is 6. The second-order valence-corrected chi connectivity index (χ2v) is 5.89. The molecule has 0 fully saturated rings. The molecule has 0 aromatic carbocycles. The van der Waals surface area contributed by atoms with Gasteiger partial charge in [-0.1, -0.05) is 0 Å². The summed E-state index contributed by atoms with van der Waals surface area (Å²) in [4.78, 5) is 15.6. The number of aromatic nitrogens is 3. The van der Waals surface area contributed by atoms with Crippen LogP contribution in [0.15, 0.2) is 18.5 Å². The van der Waals surface area contributed by atoms with E-state index < -0.39 is 0 Å². The highest BCUT2D eigenvalue weighted by molar-refractivity contribution is 5.84. The molecular weight excluding hydrogens is 262 g/mol. The minimum atomic E-state index is 0.536. The summed E-state index contributed by atoms with van der Waals surface area (Å²) in [7, 11) is 0. The lowest BCUT2D eigenvalue weighted by Crippen LogP contribution is -2.40. The van der Waals surface area contributed by atoms with Crippen LogP contribution in [0.25, 0.3) is 11.0 Å². The summed E-state index contributed by atoms with van der Waals surface area (Å²) >= 11 is 0. The van der Waals surface area contributed by atoms with Crippen LogP contribution in [-0.2, 0) is 0 Å². The fraction of sp³-hybridized carbons (Fsp3) is 0.562. The maximum Gasteiger partial charge on any atom is 0.156 e. The SMILES string of the molecule is Cc1ccc2ncnc(NCCN(C(C)C)C(C)C)c2n1. The second-order valence-electron chi connectivity index (χ2n) is 5.89. The molecule has 0 aliphatic rings. The first-order valence-corrected chi connectivity index (χ1v) is 7.57. The molecule has 2 rings (SSSR count). The van der Waals surface area contributed by atoms with Gasteiger partial charge in [0.05, 0.1) is 5.52 Å². The van der Waals surface area contributed by atoms with E-state index in [2.05, 4.69) is 52.9 Å².